The highest BCUT2D eigenvalue weighted by atomic mass is 16.2. The molecule has 4 heteroatoms. The van der Waals surface area contributed by atoms with Crippen molar-refractivity contribution in [2.24, 2.45) is 0 Å². The molecule has 0 aliphatic rings. The van der Waals surface area contributed by atoms with E-state index in [1.807, 2.05) is 37.3 Å². The van der Waals surface area contributed by atoms with Gasteiger partial charge in [-0.25, -0.2) is 0 Å². The van der Waals surface area contributed by atoms with Gasteiger partial charge in [0.25, 0.3) is 5.91 Å². The molecular formula is C24H18N2O2. The first-order valence-corrected chi connectivity index (χ1v) is 8.99. The number of nitrogens with one attached hydrogen (secondary N) is 1. The van der Waals surface area contributed by atoms with Gasteiger partial charge < -0.3 is 5.32 Å². The molecule has 28 heavy (non-hydrogen) atoms. The van der Waals surface area contributed by atoms with E-state index in [9.17, 15) is 9.59 Å². The summed E-state index contributed by atoms with van der Waals surface area (Å²) < 4.78 is 0. The number of ketones is 1. The lowest BCUT2D eigenvalue weighted by Crippen LogP contribution is -2.17. The second kappa shape index (κ2) is 7.45. The fourth-order valence-corrected chi connectivity index (χ4v) is 3.24. The van der Waals surface area contributed by atoms with Crippen molar-refractivity contribution in [2.45, 2.75) is 6.92 Å². The van der Waals surface area contributed by atoms with E-state index in [4.69, 9.17) is 0 Å². The third-order valence-electron chi connectivity index (χ3n) is 4.67. The van der Waals surface area contributed by atoms with Crippen LogP contribution in [0.3, 0.4) is 0 Å². The van der Waals surface area contributed by atoms with Crippen LogP contribution in [0.4, 0.5) is 5.69 Å². The molecule has 4 aromatic rings. The van der Waals surface area contributed by atoms with Crippen molar-refractivity contribution < 1.29 is 9.59 Å². The lowest BCUT2D eigenvalue weighted by Gasteiger charge is -2.12. The number of aromatic nitrogens is 1. The fraction of sp³-hybridized carbons (Fsp3) is 0.0417. The summed E-state index contributed by atoms with van der Waals surface area (Å²) in [5, 5.41) is 3.81. The molecule has 4 rings (SSSR count). The number of carbonyl (C=O) groups is 2. The van der Waals surface area contributed by atoms with Crippen LogP contribution in [0.1, 0.15) is 31.8 Å². The molecule has 0 unspecified atom stereocenters. The van der Waals surface area contributed by atoms with Crippen LogP contribution in [0.25, 0.3) is 10.9 Å². The van der Waals surface area contributed by atoms with Crippen molar-refractivity contribution >= 4 is 28.3 Å². The van der Waals surface area contributed by atoms with Gasteiger partial charge in [0.2, 0.25) is 0 Å². The van der Waals surface area contributed by atoms with Gasteiger partial charge in [-0.3, -0.25) is 14.6 Å². The fourth-order valence-electron chi connectivity index (χ4n) is 3.24. The molecule has 136 valence electrons. The van der Waals surface area contributed by atoms with Crippen molar-refractivity contribution in [1.29, 1.82) is 0 Å². The number of rotatable bonds is 4. The highest BCUT2D eigenvalue weighted by Gasteiger charge is 2.18. The average Bonchev–Trinajstić information content (AvgIpc) is 2.76. The number of aryl methyl sites for hydroxylation is 1. The summed E-state index contributed by atoms with van der Waals surface area (Å²) in [7, 11) is 0. The largest absolute Gasteiger partial charge is 0.321 e. The smallest absolute Gasteiger partial charge is 0.256 e. The molecule has 1 heterocycles. The van der Waals surface area contributed by atoms with Crippen molar-refractivity contribution in [3.63, 3.8) is 0 Å². The minimum atomic E-state index is -0.325. The Labute approximate surface area is 162 Å². The average molecular weight is 366 g/mol. The highest BCUT2D eigenvalue weighted by molar-refractivity contribution is 6.18. The zero-order chi connectivity index (χ0) is 19.5. The molecule has 0 saturated heterocycles. The maximum absolute atomic E-state index is 13.0. The van der Waals surface area contributed by atoms with Gasteiger partial charge >= 0.3 is 0 Å². The van der Waals surface area contributed by atoms with Crippen molar-refractivity contribution in [3.05, 3.63) is 107 Å². The first-order valence-electron chi connectivity index (χ1n) is 8.99. The first-order chi connectivity index (χ1) is 13.6. The molecule has 1 amide bonds. The predicted octanol–water partition coefficient (Wildman–Crippen LogP) is 5.03. The zero-order valence-corrected chi connectivity index (χ0v) is 15.3. The van der Waals surface area contributed by atoms with E-state index < -0.39 is 0 Å². The van der Waals surface area contributed by atoms with Gasteiger partial charge in [-0.05, 0) is 36.8 Å². The minimum absolute atomic E-state index is 0.179. The van der Waals surface area contributed by atoms with E-state index in [0.717, 1.165) is 16.5 Å². The molecule has 4 nitrogen and oxygen atoms in total. The number of anilines is 1. The lowest BCUT2D eigenvalue weighted by atomic mass is 9.98. The zero-order valence-electron chi connectivity index (χ0n) is 15.3. The first kappa shape index (κ1) is 17.6. The van der Waals surface area contributed by atoms with Gasteiger partial charge in [0.15, 0.2) is 5.78 Å². The van der Waals surface area contributed by atoms with E-state index in [1.165, 1.54) is 0 Å². The van der Waals surface area contributed by atoms with Gasteiger partial charge in [-0.1, -0.05) is 54.6 Å². The molecule has 0 aliphatic carbocycles. The molecule has 0 spiro atoms. The van der Waals surface area contributed by atoms with E-state index in [0.29, 0.717) is 22.4 Å². The number of pyridine rings is 1. The molecule has 0 bridgehead atoms. The summed E-state index contributed by atoms with van der Waals surface area (Å²) in [4.78, 5) is 30.3. The van der Waals surface area contributed by atoms with Crippen molar-refractivity contribution in [3.8, 4) is 0 Å². The summed E-state index contributed by atoms with van der Waals surface area (Å²) in [5.41, 5.74) is 3.81. The second-order valence-corrected chi connectivity index (χ2v) is 6.52. The molecule has 3 aromatic carbocycles. The number of fused-ring (bicyclic) bond motifs is 1. The van der Waals surface area contributed by atoms with Gasteiger partial charge in [0.1, 0.15) is 0 Å². The van der Waals surface area contributed by atoms with Gasteiger partial charge in [0, 0.05) is 22.7 Å². The van der Waals surface area contributed by atoms with Crippen LogP contribution in [0.2, 0.25) is 0 Å². The van der Waals surface area contributed by atoms with Gasteiger partial charge in [0.05, 0.1) is 16.8 Å². The molecule has 1 N–H and O–H groups in total. The molecule has 0 atom stereocenters. The number of hydrogen-bond acceptors (Lipinski definition) is 3. The maximum atomic E-state index is 13.0. The molecule has 0 radical (unpaired) electrons. The Balaban J connectivity index is 1.71. The molecule has 0 aliphatic heterocycles. The van der Waals surface area contributed by atoms with E-state index >= 15 is 0 Å². The van der Waals surface area contributed by atoms with Crippen LogP contribution >= 0.6 is 0 Å². The van der Waals surface area contributed by atoms with Crippen molar-refractivity contribution in [2.75, 3.05) is 5.32 Å². The summed E-state index contributed by atoms with van der Waals surface area (Å²) >= 11 is 0. The molecular weight excluding hydrogens is 348 g/mol. The Kier molecular flexibility index (Phi) is 4.68. The van der Waals surface area contributed by atoms with E-state index in [1.54, 1.807) is 54.7 Å². The van der Waals surface area contributed by atoms with Crippen LogP contribution in [0.5, 0.6) is 0 Å². The predicted molar refractivity (Wildman–Crippen MR) is 111 cm³/mol. The lowest BCUT2D eigenvalue weighted by molar-refractivity contribution is 0.0996. The normalized spacial score (nSPS) is 10.6. The third kappa shape index (κ3) is 3.28. The summed E-state index contributed by atoms with van der Waals surface area (Å²) in [6.45, 7) is 1.98. The van der Waals surface area contributed by atoms with Crippen LogP contribution in [0, 0.1) is 6.92 Å². The summed E-state index contributed by atoms with van der Waals surface area (Å²) in [6.07, 6.45) is 1.73. The Morgan fingerprint density at radius 1 is 0.786 bits per heavy atom. The van der Waals surface area contributed by atoms with Gasteiger partial charge in [-0.2, -0.15) is 0 Å². The number of amides is 1. The Morgan fingerprint density at radius 3 is 2.29 bits per heavy atom. The molecule has 0 saturated carbocycles. The topological polar surface area (TPSA) is 59.1 Å². The Bertz CT molecular complexity index is 1180. The van der Waals surface area contributed by atoms with Crippen LogP contribution in [-0.4, -0.2) is 16.7 Å². The number of benzene rings is 3. The summed E-state index contributed by atoms with van der Waals surface area (Å²) in [5.74, 6) is -0.504. The Morgan fingerprint density at radius 2 is 1.50 bits per heavy atom. The third-order valence-corrected chi connectivity index (χ3v) is 4.67. The van der Waals surface area contributed by atoms with Crippen molar-refractivity contribution in [1.82, 2.24) is 4.98 Å². The minimum Gasteiger partial charge on any atom is -0.321 e. The van der Waals surface area contributed by atoms with Crippen LogP contribution in [-0.2, 0) is 0 Å². The maximum Gasteiger partial charge on any atom is 0.256 e. The molecule has 1 aromatic heterocycles. The number of hydrogen-bond donors (Lipinski definition) is 1. The number of nitrogens with zero attached hydrogens (tertiary/aromatic N) is 1. The SMILES string of the molecule is Cc1ccc(NC(=O)c2ccccc2C(=O)c2ccccc2)c2cccnc12. The standard InChI is InChI=1S/C24H18N2O2/c1-16-13-14-21(20-12-7-15-25-22(16)20)26-24(28)19-11-6-5-10-18(19)23(27)17-8-3-2-4-9-17/h2-15H,1H3,(H,26,28). The monoisotopic (exact) mass is 366 g/mol. The van der Waals surface area contributed by atoms with Crippen LogP contribution < -0.4 is 5.32 Å². The summed E-state index contributed by atoms with van der Waals surface area (Å²) in [6, 6.07) is 23.4. The van der Waals surface area contributed by atoms with E-state index in [2.05, 4.69) is 10.3 Å². The highest BCUT2D eigenvalue weighted by Crippen LogP contribution is 2.25. The number of carbonyl (C=O) groups excluding carboxylic acids is 2. The quantitative estimate of drug-likeness (QED) is 0.516. The molecule has 0 fully saturated rings. The van der Waals surface area contributed by atoms with Gasteiger partial charge in [-0.15, -0.1) is 0 Å². The van der Waals surface area contributed by atoms with E-state index in [-0.39, 0.29) is 11.7 Å². The second-order valence-electron chi connectivity index (χ2n) is 6.52. The van der Waals surface area contributed by atoms with Crippen LogP contribution in [0.15, 0.2) is 85.1 Å². The Hall–Kier alpha value is -3.79.